The van der Waals surface area contributed by atoms with Gasteiger partial charge in [0.25, 0.3) is 0 Å². The highest BCUT2D eigenvalue weighted by atomic mass is 32.2. The molecule has 7 nitrogen and oxygen atoms in total. The number of fused-ring (bicyclic) bond motifs is 5. The first-order chi connectivity index (χ1) is 17.5. The van der Waals surface area contributed by atoms with Crippen LogP contribution < -0.4 is 9.88 Å². The molecule has 2 fully saturated rings. The van der Waals surface area contributed by atoms with Crippen LogP contribution in [0.2, 0.25) is 0 Å². The van der Waals surface area contributed by atoms with Crippen LogP contribution in [-0.4, -0.2) is 26.5 Å². The molecular weight excluding hydrogens is 490 g/mol. The number of allylic oxidation sites excluding steroid dienone is 1. The molecule has 3 aliphatic rings. The number of carbonyl (C=O) groups is 2. The lowest BCUT2D eigenvalue weighted by atomic mass is 9.47. The van der Waals surface area contributed by atoms with Gasteiger partial charge in [-0.25, -0.2) is 18.4 Å². The van der Waals surface area contributed by atoms with Gasteiger partial charge in [0.1, 0.15) is 11.9 Å². The van der Waals surface area contributed by atoms with Crippen molar-refractivity contribution in [3.8, 4) is 5.75 Å². The third kappa shape index (κ3) is 4.30. The molecule has 0 radical (unpaired) electrons. The van der Waals surface area contributed by atoms with Crippen LogP contribution >= 0.6 is 0 Å². The predicted octanol–water partition coefficient (Wildman–Crippen LogP) is 4.90. The molecule has 2 aromatic rings. The molecule has 0 amide bonds. The van der Waals surface area contributed by atoms with Crippen molar-refractivity contribution in [2.75, 3.05) is 0 Å². The first-order valence-electron chi connectivity index (χ1n) is 12.8. The van der Waals surface area contributed by atoms with E-state index in [1.807, 2.05) is 12.1 Å². The molecule has 0 spiro atoms. The molecular formula is C29H33NO6S. The Kier molecular flexibility index (Phi) is 6.31. The minimum absolute atomic E-state index is 0.0521. The van der Waals surface area contributed by atoms with E-state index in [1.54, 1.807) is 0 Å². The smallest absolute Gasteiger partial charge is 0.343 e. The zero-order valence-electron chi connectivity index (χ0n) is 21.2. The Morgan fingerprint density at radius 1 is 1.11 bits per heavy atom. The number of aryl methyl sites for hydroxylation is 1. The average Bonchev–Trinajstić information content (AvgIpc) is 3.19. The molecule has 0 bridgehead atoms. The Morgan fingerprint density at radius 3 is 2.59 bits per heavy atom. The van der Waals surface area contributed by atoms with E-state index in [1.165, 1.54) is 36.8 Å². The van der Waals surface area contributed by atoms with Crippen LogP contribution in [0.5, 0.6) is 5.75 Å². The zero-order valence-corrected chi connectivity index (χ0v) is 22.1. The monoisotopic (exact) mass is 523 g/mol. The van der Waals surface area contributed by atoms with Crippen LogP contribution in [-0.2, 0) is 26.0 Å². The van der Waals surface area contributed by atoms with Crippen molar-refractivity contribution < 1.29 is 27.5 Å². The summed E-state index contributed by atoms with van der Waals surface area (Å²) in [4.78, 5) is 24.4. The maximum Gasteiger partial charge on any atom is 0.343 e. The predicted molar refractivity (Wildman–Crippen MR) is 139 cm³/mol. The van der Waals surface area contributed by atoms with Gasteiger partial charge in [0, 0.05) is 12.3 Å². The van der Waals surface area contributed by atoms with E-state index in [-0.39, 0.29) is 33.4 Å². The number of benzene rings is 2. The second-order valence-electron chi connectivity index (χ2n) is 11.0. The van der Waals surface area contributed by atoms with Gasteiger partial charge in [0.15, 0.2) is 0 Å². The van der Waals surface area contributed by atoms with Gasteiger partial charge in [-0.05, 0) is 97.2 Å². The van der Waals surface area contributed by atoms with Crippen molar-refractivity contribution >= 4 is 22.0 Å². The second-order valence-corrected chi connectivity index (χ2v) is 12.5. The number of primary sulfonamides is 1. The minimum atomic E-state index is -3.92. The summed E-state index contributed by atoms with van der Waals surface area (Å²) in [5.41, 5.74) is 2.41. The van der Waals surface area contributed by atoms with Gasteiger partial charge in [-0.1, -0.05) is 25.1 Å². The Hall–Kier alpha value is -2.97. The molecule has 0 aliphatic heterocycles. The fourth-order valence-corrected chi connectivity index (χ4v) is 8.04. The molecule has 196 valence electrons. The van der Waals surface area contributed by atoms with Crippen LogP contribution in [0.1, 0.15) is 73.4 Å². The molecule has 8 heteroatoms. The zero-order chi connectivity index (χ0) is 26.6. The number of rotatable bonds is 5. The first-order valence-corrected chi connectivity index (χ1v) is 14.3. The van der Waals surface area contributed by atoms with Crippen molar-refractivity contribution in [3.63, 3.8) is 0 Å². The number of esters is 2. The summed E-state index contributed by atoms with van der Waals surface area (Å²) in [6.45, 7) is 8.07. The van der Waals surface area contributed by atoms with Crippen LogP contribution in [0, 0.1) is 16.7 Å². The molecule has 37 heavy (non-hydrogen) atoms. The summed E-state index contributed by atoms with van der Waals surface area (Å²) in [6.07, 6.45) is 7.73. The topological polar surface area (TPSA) is 113 Å². The van der Waals surface area contributed by atoms with Gasteiger partial charge in [0.2, 0.25) is 10.0 Å². The highest BCUT2D eigenvalue weighted by molar-refractivity contribution is 7.89. The van der Waals surface area contributed by atoms with Gasteiger partial charge in [-0.15, -0.1) is 6.58 Å². The van der Waals surface area contributed by atoms with Crippen LogP contribution in [0.3, 0.4) is 0 Å². The lowest BCUT2D eigenvalue weighted by Crippen LogP contribution is -2.51. The Balaban J connectivity index is 1.40. The summed E-state index contributed by atoms with van der Waals surface area (Å²) in [5, 5.41) is 5.19. The Morgan fingerprint density at radius 2 is 1.89 bits per heavy atom. The van der Waals surface area contributed by atoms with E-state index < -0.39 is 16.0 Å². The molecule has 3 aliphatic carbocycles. The van der Waals surface area contributed by atoms with E-state index >= 15 is 0 Å². The maximum absolute atomic E-state index is 12.7. The third-order valence-electron chi connectivity index (χ3n) is 9.13. The molecule has 0 heterocycles. The molecule has 2 N–H and O–H groups in total. The van der Waals surface area contributed by atoms with Crippen molar-refractivity contribution in [1.29, 1.82) is 0 Å². The van der Waals surface area contributed by atoms with Crippen molar-refractivity contribution in [3.05, 3.63) is 71.8 Å². The van der Waals surface area contributed by atoms with Gasteiger partial charge >= 0.3 is 11.9 Å². The summed E-state index contributed by atoms with van der Waals surface area (Å²) in [6, 6.07) is 11.3. The van der Waals surface area contributed by atoms with Gasteiger partial charge < -0.3 is 9.47 Å². The fourth-order valence-electron chi connectivity index (χ4n) is 7.48. The van der Waals surface area contributed by atoms with E-state index in [2.05, 4.69) is 25.6 Å². The number of hydrogen-bond donors (Lipinski definition) is 1. The highest BCUT2D eigenvalue weighted by Gasteiger charge is 2.61. The van der Waals surface area contributed by atoms with E-state index in [4.69, 9.17) is 14.6 Å². The maximum atomic E-state index is 12.7. The van der Waals surface area contributed by atoms with Crippen LogP contribution in [0.4, 0.5) is 0 Å². The number of sulfonamides is 1. The molecule has 0 unspecified atom stereocenters. The summed E-state index contributed by atoms with van der Waals surface area (Å²) >= 11 is 0. The molecule has 0 saturated heterocycles. The average molecular weight is 524 g/mol. The fraction of sp³-hybridized carbons (Fsp3) is 0.448. The molecule has 5 rings (SSSR count). The standard InChI is InChI=1S/C29H33NO6S/c1-4-29-15-12-19-16-21(36-27(32)20-6-5-7-22(17-20)37(30,33)34)8-9-23(19)24(29)13-14-28(3)25(29)10-11-26(28)35-18(2)31/h4-9,16-17,24-26H,1,10-15H2,2-3H3,(H2,30,33,34)/t24-,25-,26+,28+,29-/m1/s1. The van der Waals surface area contributed by atoms with Gasteiger partial charge in [-0.3, -0.25) is 4.79 Å². The Bertz CT molecular complexity index is 1380. The lowest BCUT2D eigenvalue weighted by Gasteiger charge is -2.57. The highest BCUT2D eigenvalue weighted by Crippen LogP contribution is 2.68. The number of hydrogen-bond acceptors (Lipinski definition) is 6. The van der Waals surface area contributed by atoms with Crippen LogP contribution in [0.15, 0.2) is 60.0 Å². The SMILES string of the molecule is C=C[C@@]12CCc3cc(OC(=O)c4cccc(S(N)(=O)=O)c4)ccc3[C@H]1CC[C@]1(C)[C@@H](OC(C)=O)CC[C@H]12. The first kappa shape index (κ1) is 25.7. The summed E-state index contributed by atoms with van der Waals surface area (Å²) < 4.78 is 34.7. The quantitative estimate of drug-likeness (QED) is 0.339. The van der Waals surface area contributed by atoms with Gasteiger partial charge in [0.05, 0.1) is 10.5 Å². The molecule has 0 aromatic heterocycles. The summed E-state index contributed by atoms with van der Waals surface area (Å²) in [5.74, 6) is 0.260. The van der Waals surface area contributed by atoms with Crippen molar-refractivity contribution in [2.24, 2.45) is 21.9 Å². The number of ether oxygens (including phenoxy) is 2. The van der Waals surface area contributed by atoms with Crippen molar-refractivity contribution in [1.82, 2.24) is 0 Å². The number of nitrogens with two attached hydrogens (primary N) is 1. The normalized spacial score (nSPS) is 30.4. The Labute approximate surface area is 218 Å². The minimum Gasteiger partial charge on any atom is -0.462 e. The van der Waals surface area contributed by atoms with Crippen LogP contribution in [0.25, 0.3) is 0 Å². The molecule has 5 atom stereocenters. The largest absolute Gasteiger partial charge is 0.462 e. The molecule has 2 aromatic carbocycles. The van der Waals surface area contributed by atoms with E-state index in [0.717, 1.165) is 44.1 Å². The lowest BCUT2D eigenvalue weighted by molar-refractivity contribution is -0.156. The van der Waals surface area contributed by atoms with Gasteiger partial charge in [-0.2, -0.15) is 0 Å². The summed E-state index contributed by atoms with van der Waals surface area (Å²) in [7, 11) is -3.92. The second kappa shape index (κ2) is 9.10. The van der Waals surface area contributed by atoms with E-state index in [0.29, 0.717) is 17.6 Å². The van der Waals surface area contributed by atoms with Crippen molar-refractivity contribution in [2.45, 2.75) is 69.3 Å². The number of carbonyl (C=O) groups excluding carboxylic acids is 2. The third-order valence-corrected chi connectivity index (χ3v) is 10.0. The molecule has 2 saturated carbocycles. The van der Waals surface area contributed by atoms with E-state index in [9.17, 15) is 18.0 Å².